The number of likely N-dealkylation sites (tertiary alicyclic amines) is 1. The van der Waals surface area contributed by atoms with Crippen LogP contribution in [-0.4, -0.2) is 39.9 Å². The van der Waals surface area contributed by atoms with Gasteiger partial charge in [-0.2, -0.15) is 5.10 Å². The number of hydrogen-bond acceptors (Lipinski definition) is 4. The van der Waals surface area contributed by atoms with Crippen molar-refractivity contribution >= 4 is 11.3 Å². The number of benzene rings is 1. The molecule has 0 unspecified atom stereocenters. The molecule has 1 N–H and O–H groups in total. The lowest BCUT2D eigenvalue weighted by Gasteiger charge is -2.32. The van der Waals surface area contributed by atoms with Gasteiger partial charge in [0.25, 0.3) is 0 Å². The summed E-state index contributed by atoms with van der Waals surface area (Å²) in [7, 11) is 0. The standard InChI is InChI=1S/C22H26N4S/c1-2-5-20(6-3-1)26-16-17(22(24-26)21-7-4-14-27-21)15-23-18-10-12-25(13-11-18)19-8-9-19/h1-7,14,16,18-19,23H,8-13,15H2. The molecule has 1 saturated carbocycles. The molecule has 0 atom stereocenters. The number of nitrogens with one attached hydrogen (secondary N) is 1. The van der Waals surface area contributed by atoms with E-state index in [1.54, 1.807) is 11.3 Å². The van der Waals surface area contributed by atoms with E-state index >= 15 is 0 Å². The first-order chi connectivity index (χ1) is 13.4. The summed E-state index contributed by atoms with van der Waals surface area (Å²) in [5.74, 6) is 0. The van der Waals surface area contributed by atoms with Gasteiger partial charge in [0.2, 0.25) is 0 Å². The van der Waals surface area contributed by atoms with Crippen molar-refractivity contribution in [2.24, 2.45) is 0 Å². The SMILES string of the molecule is c1ccc(-n2cc(CNC3CCN(C4CC4)CC3)c(-c3cccs3)n2)cc1. The number of piperidine rings is 1. The third-order valence-corrected chi connectivity index (χ3v) is 6.62. The predicted octanol–water partition coefficient (Wildman–Crippen LogP) is 4.32. The lowest BCUT2D eigenvalue weighted by Crippen LogP contribution is -2.43. The van der Waals surface area contributed by atoms with Gasteiger partial charge in [0, 0.05) is 30.4 Å². The van der Waals surface area contributed by atoms with Crippen LogP contribution in [0.5, 0.6) is 0 Å². The Labute approximate surface area is 164 Å². The minimum Gasteiger partial charge on any atom is -0.310 e. The highest BCUT2D eigenvalue weighted by atomic mass is 32.1. The van der Waals surface area contributed by atoms with Crippen LogP contribution in [0.2, 0.25) is 0 Å². The largest absolute Gasteiger partial charge is 0.310 e. The van der Waals surface area contributed by atoms with Gasteiger partial charge in [-0.3, -0.25) is 0 Å². The first kappa shape index (κ1) is 17.2. The molecule has 0 radical (unpaired) electrons. The second-order valence-corrected chi connectivity index (χ2v) is 8.63. The molecule has 1 aliphatic heterocycles. The van der Waals surface area contributed by atoms with E-state index in [-0.39, 0.29) is 0 Å². The van der Waals surface area contributed by atoms with Crippen LogP contribution in [0.1, 0.15) is 31.2 Å². The van der Waals surface area contributed by atoms with Crippen molar-refractivity contribution < 1.29 is 0 Å². The number of thiophene rings is 1. The third kappa shape index (κ3) is 3.86. The van der Waals surface area contributed by atoms with Crippen LogP contribution in [-0.2, 0) is 6.54 Å². The van der Waals surface area contributed by atoms with Gasteiger partial charge in [0.15, 0.2) is 0 Å². The smallest absolute Gasteiger partial charge is 0.107 e. The molecule has 4 nitrogen and oxygen atoms in total. The quantitative estimate of drug-likeness (QED) is 0.694. The van der Waals surface area contributed by atoms with E-state index in [1.807, 2.05) is 10.7 Å². The van der Waals surface area contributed by atoms with E-state index in [9.17, 15) is 0 Å². The molecule has 1 aromatic carbocycles. The fourth-order valence-corrected chi connectivity index (χ4v) is 4.78. The highest BCUT2D eigenvalue weighted by Gasteiger charge is 2.31. The molecule has 1 aliphatic carbocycles. The van der Waals surface area contributed by atoms with Gasteiger partial charge >= 0.3 is 0 Å². The molecule has 0 spiro atoms. The second kappa shape index (κ2) is 7.58. The molecule has 3 aromatic rings. The number of para-hydroxylation sites is 1. The van der Waals surface area contributed by atoms with Gasteiger partial charge in [-0.25, -0.2) is 4.68 Å². The summed E-state index contributed by atoms with van der Waals surface area (Å²) in [6, 6.07) is 16.2. The van der Waals surface area contributed by atoms with Gasteiger partial charge < -0.3 is 10.2 Å². The zero-order valence-corrected chi connectivity index (χ0v) is 16.4. The third-order valence-electron chi connectivity index (χ3n) is 5.74. The summed E-state index contributed by atoms with van der Waals surface area (Å²) >= 11 is 1.76. The molecule has 0 amide bonds. The van der Waals surface area contributed by atoms with Crippen molar-refractivity contribution in [2.75, 3.05) is 13.1 Å². The van der Waals surface area contributed by atoms with Crippen molar-refractivity contribution in [3.63, 3.8) is 0 Å². The molecule has 0 bridgehead atoms. The Morgan fingerprint density at radius 2 is 1.81 bits per heavy atom. The molecule has 5 heteroatoms. The fraction of sp³-hybridized carbons (Fsp3) is 0.409. The van der Waals surface area contributed by atoms with Crippen molar-refractivity contribution in [3.05, 3.63) is 59.6 Å². The maximum atomic E-state index is 4.91. The van der Waals surface area contributed by atoms with E-state index in [0.29, 0.717) is 6.04 Å². The van der Waals surface area contributed by atoms with Gasteiger partial charge in [-0.05, 0) is 62.4 Å². The topological polar surface area (TPSA) is 33.1 Å². The first-order valence-corrected chi connectivity index (χ1v) is 10.9. The molecule has 1 saturated heterocycles. The molecule has 2 aliphatic rings. The van der Waals surface area contributed by atoms with Crippen LogP contribution < -0.4 is 5.32 Å². The maximum Gasteiger partial charge on any atom is 0.107 e. The van der Waals surface area contributed by atoms with E-state index in [0.717, 1.165) is 24.0 Å². The number of hydrogen-bond donors (Lipinski definition) is 1. The van der Waals surface area contributed by atoms with Crippen LogP contribution in [0.25, 0.3) is 16.3 Å². The molecule has 3 heterocycles. The van der Waals surface area contributed by atoms with Crippen LogP contribution in [0.15, 0.2) is 54.0 Å². The number of nitrogens with zero attached hydrogens (tertiary/aromatic N) is 3. The molecule has 27 heavy (non-hydrogen) atoms. The Morgan fingerprint density at radius 3 is 2.52 bits per heavy atom. The molecule has 2 aromatic heterocycles. The number of aromatic nitrogens is 2. The van der Waals surface area contributed by atoms with Crippen LogP contribution in [0.4, 0.5) is 0 Å². The van der Waals surface area contributed by atoms with E-state index in [4.69, 9.17) is 5.10 Å². The summed E-state index contributed by atoms with van der Waals surface area (Å²) in [5.41, 5.74) is 3.50. The van der Waals surface area contributed by atoms with Crippen LogP contribution >= 0.6 is 11.3 Å². The van der Waals surface area contributed by atoms with Crippen molar-refractivity contribution in [2.45, 2.75) is 44.3 Å². The van der Waals surface area contributed by atoms with Gasteiger partial charge in [0.05, 0.1) is 10.6 Å². The average Bonchev–Trinajstić information content (AvgIpc) is 3.26. The Hall–Kier alpha value is -1.95. The van der Waals surface area contributed by atoms with Gasteiger partial charge in [0.1, 0.15) is 5.69 Å². The van der Waals surface area contributed by atoms with Crippen molar-refractivity contribution in [1.29, 1.82) is 0 Å². The highest BCUT2D eigenvalue weighted by molar-refractivity contribution is 7.13. The zero-order chi connectivity index (χ0) is 18.1. The van der Waals surface area contributed by atoms with Crippen molar-refractivity contribution in [3.8, 4) is 16.3 Å². The van der Waals surface area contributed by atoms with E-state index in [1.165, 1.54) is 49.2 Å². The zero-order valence-electron chi connectivity index (χ0n) is 15.6. The number of rotatable bonds is 6. The van der Waals surface area contributed by atoms with Crippen LogP contribution in [0, 0.1) is 0 Å². The Bertz CT molecular complexity index is 859. The Kier molecular flexibility index (Phi) is 4.82. The molecule has 140 valence electrons. The Morgan fingerprint density at radius 1 is 1.00 bits per heavy atom. The lowest BCUT2D eigenvalue weighted by molar-refractivity contribution is 0.189. The summed E-state index contributed by atoms with van der Waals surface area (Å²) in [4.78, 5) is 3.92. The normalized spacial score (nSPS) is 18.8. The predicted molar refractivity (Wildman–Crippen MR) is 111 cm³/mol. The summed E-state index contributed by atoms with van der Waals surface area (Å²) in [6.07, 6.45) is 7.55. The van der Waals surface area contributed by atoms with Gasteiger partial charge in [-0.1, -0.05) is 24.3 Å². The minimum absolute atomic E-state index is 0.622. The molecule has 2 fully saturated rings. The van der Waals surface area contributed by atoms with E-state index in [2.05, 4.69) is 58.2 Å². The average molecular weight is 379 g/mol. The van der Waals surface area contributed by atoms with Crippen LogP contribution in [0.3, 0.4) is 0 Å². The molecular weight excluding hydrogens is 352 g/mol. The summed E-state index contributed by atoms with van der Waals surface area (Å²) in [6.45, 7) is 3.39. The molecule has 5 rings (SSSR count). The summed E-state index contributed by atoms with van der Waals surface area (Å²) in [5, 5.41) is 10.8. The fourth-order valence-electron chi connectivity index (χ4n) is 4.04. The monoisotopic (exact) mass is 378 g/mol. The van der Waals surface area contributed by atoms with Crippen molar-refractivity contribution in [1.82, 2.24) is 20.0 Å². The lowest BCUT2D eigenvalue weighted by atomic mass is 10.0. The molecular formula is C22H26N4S. The summed E-state index contributed by atoms with van der Waals surface area (Å²) < 4.78 is 2.02. The second-order valence-electron chi connectivity index (χ2n) is 7.68. The first-order valence-electron chi connectivity index (χ1n) is 10.0. The minimum atomic E-state index is 0.622. The Balaban J connectivity index is 1.31. The highest BCUT2D eigenvalue weighted by Crippen LogP contribution is 2.30. The maximum absolute atomic E-state index is 4.91. The van der Waals surface area contributed by atoms with Gasteiger partial charge in [-0.15, -0.1) is 11.3 Å². The van der Waals surface area contributed by atoms with E-state index < -0.39 is 0 Å².